The lowest BCUT2D eigenvalue weighted by Gasteiger charge is -2.10. The molecule has 26 heavy (non-hydrogen) atoms. The molecule has 0 spiro atoms. The predicted molar refractivity (Wildman–Crippen MR) is 103 cm³/mol. The Morgan fingerprint density at radius 2 is 1.12 bits per heavy atom. The molecule has 0 fully saturated rings. The van der Waals surface area contributed by atoms with Crippen LogP contribution in [0.25, 0.3) is 0 Å². The van der Waals surface area contributed by atoms with Crippen molar-refractivity contribution in [1.29, 1.82) is 0 Å². The lowest BCUT2D eigenvalue weighted by molar-refractivity contribution is -0.137. The van der Waals surface area contributed by atoms with Crippen LogP contribution in [-0.2, 0) is 9.36 Å². The maximum atomic E-state index is 10.3. The molecule has 0 bridgehead atoms. The summed E-state index contributed by atoms with van der Waals surface area (Å²) >= 11 is 0. The summed E-state index contributed by atoms with van der Waals surface area (Å²) < 4.78 is 8.88. The second-order valence-corrected chi connectivity index (χ2v) is 7.80. The van der Waals surface area contributed by atoms with Crippen LogP contribution in [-0.4, -0.2) is 37.0 Å². The SMILES string of the molecule is CCCCCCC(O)CCCCCCCCCCC(=O)O.O=P(O)(O)O. The minimum atomic E-state index is -4.64. The van der Waals surface area contributed by atoms with Crippen LogP contribution >= 0.6 is 7.82 Å². The molecule has 0 saturated carbocycles. The highest BCUT2D eigenvalue weighted by Crippen LogP contribution is 2.25. The third-order valence-electron chi connectivity index (χ3n) is 4.07. The van der Waals surface area contributed by atoms with Crippen molar-refractivity contribution in [2.75, 3.05) is 0 Å². The van der Waals surface area contributed by atoms with E-state index in [0.717, 1.165) is 38.5 Å². The van der Waals surface area contributed by atoms with Crippen molar-refractivity contribution in [3.05, 3.63) is 0 Å². The van der Waals surface area contributed by atoms with Gasteiger partial charge in [-0.25, -0.2) is 4.57 Å². The van der Waals surface area contributed by atoms with E-state index >= 15 is 0 Å². The molecule has 1 unspecified atom stereocenters. The average molecular weight is 398 g/mol. The Morgan fingerprint density at radius 3 is 1.50 bits per heavy atom. The summed E-state index contributed by atoms with van der Waals surface area (Å²) in [6.45, 7) is 2.21. The number of aliphatic hydroxyl groups is 1. The minimum absolute atomic E-state index is 0.0853. The standard InChI is InChI=1S/C18H36O3.H3O4P/c1-2-3-4-11-14-17(19)15-12-9-7-5-6-8-10-13-16-18(20)21;1-5(2,3)4/h17,19H,2-16H2,1H3,(H,20,21);(H3,1,2,3,4). The Labute approximate surface area is 158 Å². The van der Waals surface area contributed by atoms with E-state index in [9.17, 15) is 9.90 Å². The van der Waals surface area contributed by atoms with Crippen molar-refractivity contribution < 1.29 is 34.3 Å². The van der Waals surface area contributed by atoms with Gasteiger partial charge in [-0.2, -0.15) is 0 Å². The minimum Gasteiger partial charge on any atom is -0.481 e. The zero-order chi connectivity index (χ0) is 20.3. The number of rotatable bonds is 16. The highest BCUT2D eigenvalue weighted by molar-refractivity contribution is 7.45. The van der Waals surface area contributed by atoms with Gasteiger partial charge in [0.1, 0.15) is 0 Å². The van der Waals surface area contributed by atoms with Gasteiger partial charge in [0.05, 0.1) is 6.10 Å². The first-order chi connectivity index (χ1) is 12.2. The van der Waals surface area contributed by atoms with Gasteiger partial charge in [-0.3, -0.25) is 4.79 Å². The fourth-order valence-electron chi connectivity index (χ4n) is 2.67. The van der Waals surface area contributed by atoms with Crippen molar-refractivity contribution in [2.45, 2.75) is 109 Å². The Kier molecular flexibility index (Phi) is 20.6. The lowest BCUT2D eigenvalue weighted by Crippen LogP contribution is -2.05. The van der Waals surface area contributed by atoms with Crippen LogP contribution in [0.4, 0.5) is 0 Å². The molecule has 0 rings (SSSR count). The molecule has 0 radical (unpaired) electrons. The zero-order valence-corrected chi connectivity index (χ0v) is 17.1. The topological polar surface area (TPSA) is 135 Å². The van der Waals surface area contributed by atoms with Gasteiger partial charge in [0.2, 0.25) is 0 Å². The van der Waals surface area contributed by atoms with E-state index in [2.05, 4.69) is 6.92 Å². The van der Waals surface area contributed by atoms with Crippen molar-refractivity contribution >= 4 is 13.8 Å². The monoisotopic (exact) mass is 398 g/mol. The molecule has 0 aromatic rings. The summed E-state index contributed by atoms with van der Waals surface area (Å²) in [7, 11) is -4.64. The first kappa shape index (κ1) is 27.8. The summed E-state index contributed by atoms with van der Waals surface area (Å²) in [6, 6.07) is 0. The summed E-state index contributed by atoms with van der Waals surface area (Å²) in [5.74, 6) is -0.678. The molecule has 158 valence electrons. The van der Waals surface area contributed by atoms with Crippen LogP contribution in [0.5, 0.6) is 0 Å². The van der Waals surface area contributed by atoms with Crippen LogP contribution in [0.15, 0.2) is 0 Å². The van der Waals surface area contributed by atoms with Gasteiger partial charge in [0.25, 0.3) is 0 Å². The molecule has 0 aliphatic rings. The fourth-order valence-corrected chi connectivity index (χ4v) is 2.67. The van der Waals surface area contributed by atoms with Gasteiger partial charge in [-0.1, -0.05) is 77.6 Å². The largest absolute Gasteiger partial charge is 0.481 e. The lowest BCUT2D eigenvalue weighted by atomic mass is 10.0. The summed E-state index contributed by atoms with van der Waals surface area (Å²) in [6.07, 6.45) is 16.3. The van der Waals surface area contributed by atoms with E-state index < -0.39 is 13.8 Å². The number of carboxylic acid groups (broad SMARTS) is 1. The first-order valence-corrected chi connectivity index (χ1v) is 11.4. The van der Waals surface area contributed by atoms with E-state index in [4.69, 9.17) is 24.4 Å². The summed E-state index contributed by atoms with van der Waals surface area (Å²) in [5, 5.41) is 18.4. The smallest absolute Gasteiger partial charge is 0.466 e. The molecule has 0 saturated heterocycles. The van der Waals surface area contributed by atoms with E-state index in [0.29, 0.717) is 6.42 Å². The molecule has 5 N–H and O–H groups in total. The van der Waals surface area contributed by atoms with E-state index in [1.54, 1.807) is 0 Å². The molecule has 1 atom stereocenters. The molecule has 0 aromatic heterocycles. The van der Waals surface area contributed by atoms with Crippen molar-refractivity contribution in [3.63, 3.8) is 0 Å². The number of unbranched alkanes of at least 4 members (excludes halogenated alkanes) is 10. The van der Waals surface area contributed by atoms with Crippen molar-refractivity contribution in [3.8, 4) is 0 Å². The number of hydrogen-bond acceptors (Lipinski definition) is 3. The third-order valence-corrected chi connectivity index (χ3v) is 4.07. The number of aliphatic carboxylic acids is 1. The molecular formula is C18H39O7P. The van der Waals surface area contributed by atoms with Crippen LogP contribution in [0.2, 0.25) is 0 Å². The Morgan fingerprint density at radius 1 is 0.769 bits per heavy atom. The van der Waals surface area contributed by atoms with Gasteiger partial charge in [-0.15, -0.1) is 0 Å². The summed E-state index contributed by atoms with van der Waals surface area (Å²) in [4.78, 5) is 31.9. The highest BCUT2D eigenvalue weighted by Gasteiger charge is 2.03. The number of hydrogen-bond donors (Lipinski definition) is 5. The molecule has 7 nitrogen and oxygen atoms in total. The number of aliphatic hydroxyl groups excluding tert-OH is 1. The van der Waals surface area contributed by atoms with Crippen LogP contribution < -0.4 is 0 Å². The maximum absolute atomic E-state index is 10.3. The van der Waals surface area contributed by atoms with Gasteiger partial charge in [0.15, 0.2) is 0 Å². The average Bonchev–Trinajstić information content (AvgIpc) is 2.51. The quantitative estimate of drug-likeness (QED) is 0.192. The number of carbonyl (C=O) groups is 1. The summed E-state index contributed by atoms with van der Waals surface area (Å²) in [5.41, 5.74) is 0. The maximum Gasteiger partial charge on any atom is 0.466 e. The van der Waals surface area contributed by atoms with Gasteiger partial charge < -0.3 is 24.9 Å². The van der Waals surface area contributed by atoms with Crippen LogP contribution in [0.1, 0.15) is 103 Å². The zero-order valence-electron chi connectivity index (χ0n) is 16.2. The Hall–Kier alpha value is -0.460. The molecule has 0 aromatic carbocycles. The Bertz CT molecular complexity index is 349. The highest BCUT2D eigenvalue weighted by atomic mass is 31.2. The third kappa shape index (κ3) is 34.8. The van der Waals surface area contributed by atoms with E-state index in [1.807, 2.05) is 0 Å². The second kappa shape index (κ2) is 19.3. The number of carboxylic acids is 1. The van der Waals surface area contributed by atoms with E-state index in [1.165, 1.54) is 51.4 Å². The van der Waals surface area contributed by atoms with Gasteiger partial charge >= 0.3 is 13.8 Å². The van der Waals surface area contributed by atoms with Gasteiger partial charge in [0, 0.05) is 6.42 Å². The molecule has 8 heteroatoms. The second-order valence-electron chi connectivity index (χ2n) is 6.78. The van der Waals surface area contributed by atoms with Crippen LogP contribution in [0, 0.1) is 0 Å². The van der Waals surface area contributed by atoms with Gasteiger partial charge in [-0.05, 0) is 19.3 Å². The molecule has 0 aliphatic heterocycles. The number of phosphoric acid groups is 1. The van der Waals surface area contributed by atoms with Crippen LogP contribution in [0.3, 0.4) is 0 Å². The normalized spacial score (nSPS) is 12.3. The first-order valence-electron chi connectivity index (χ1n) is 9.85. The molecule has 0 heterocycles. The van der Waals surface area contributed by atoms with E-state index in [-0.39, 0.29) is 6.10 Å². The molecule has 0 amide bonds. The van der Waals surface area contributed by atoms with Crippen molar-refractivity contribution in [2.24, 2.45) is 0 Å². The van der Waals surface area contributed by atoms with Crippen molar-refractivity contribution in [1.82, 2.24) is 0 Å². The fraction of sp³-hybridized carbons (Fsp3) is 0.944. The molecular weight excluding hydrogens is 359 g/mol. The Balaban J connectivity index is 0. The molecule has 0 aliphatic carbocycles. The predicted octanol–water partition coefficient (Wildman–Crippen LogP) is 4.37.